The van der Waals surface area contributed by atoms with Crippen LogP contribution in [-0.2, 0) is 22.6 Å². The average molecular weight is 617 g/mol. The molecule has 3 aromatic carbocycles. The summed E-state index contributed by atoms with van der Waals surface area (Å²) in [5.74, 6) is 0.202. The Labute approximate surface area is 231 Å². The number of hydrogen-bond acceptors (Lipinski definition) is 3. The Morgan fingerprint density at radius 1 is 0.972 bits per heavy atom. The van der Waals surface area contributed by atoms with Gasteiger partial charge in [0.2, 0.25) is 5.91 Å². The van der Waals surface area contributed by atoms with Crippen LogP contribution in [0.3, 0.4) is 0 Å². The first-order valence-electron chi connectivity index (χ1n) is 12.2. The molecule has 0 radical (unpaired) electrons. The summed E-state index contributed by atoms with van der Waals surface area (Å²) < 4.78 is 6.91. The normalized spacial score (nSPS) is 14.3. The van der Waals surface area contributed by atoms with Gasteiger partial charge < -0.3 is 15.0 Å². The molecule has 1 aliphatic carbocycles. The topological polar surface area (TPSA) is 58.6 Å². The van der Waals surface area contributed by atoms with E-state index in [4.69, 9.17) is 16.3 Å². The molecule has 0 heterocycles. The van der Waals surface area contributed by atoms with Gasteiger partial charge in [-0.2, -0.15) is 0 Å². The van der Waals surface area contributed by atoms with Gasteiger partial charge in [0.05, 0.1) is 0 Å². The minimum atomic E-state index is -0.697. The van der Waals surface area contributed by atoms with Crippen LogP contribution in [0, 0.1) is 3.57 Å². The summed E-state index contributed by atoms with van der Waals surface area (Å²) in [6.07, 6.45) is 4.57. The van der Waals surface area contributed by atoms with Crippen molar-refractivity contribution < 1.29 is 14.3 Å². The van der Waals surface area contributed by atoms with Crippen molar-refractivity contribution in [2.75, 3.05) is 6.61 Å². The van der Waals surface area contributed by atoms with Crippen molar-refractivity contribution >= 4 is 46.0 Å². The Morgan fingerprint density at radius 3 is 2.33 bits per heavy atom. The molecule has 2 amide bonds. The molecule has 36 heavy (non-hydrogen) atoms. The third-order valence-electron chi connectivity index (χ3n) is 6.45. The molecule has 0 aromatic heterocycles. The maximum Gasteiger partial charge on any atom is 0.261 e. The zero-order chi connectivity index (χ0) is 25.3. The highest BCUT2D eigenvalue weighted by Gasteiger charge is 2.32. The number of hydrogen-bond donors (Lipinski definition) is 1. The molecule has 188 valence electrons. The lowest BCUT2D eigenvalue weighted by molar-refractivity contribution is -0.143. The van der Waals surface area contributed by atoms with Crippen molar-refractivity contribution in [2.45, 2.75) is 50.7 Å². The van der Waals surface area contributed by atoms with Crippen LogP contribution < -0.4 is 10.1 Å². The highest BCUT2D eigenvalue weighted by Crippen LogP contribution is 2.23. The minimum Gasteiger partial charge on any atom is -0.484 e. The van der Waals surface area contributed by atoms with Crippen LogP contribution in [0.15, 0.2) is 78.9 Å². The lowest BCUT2D eigenvalue weighted by Crippen LogP contribution is -2.53. The monoisotopic (exact) mass is 616 g/mol. The van der Waals surface area contributed by atoms with E-state index >= 15 is 0 Å². The van der Waals surface area contributed by atoms with Crippen LogP contribution in [0.4, 0.5) is 0 Å². The Morgan fingerprint density at radius 2 is 1.64 bits per heavy atom. The molecule has 0 aliphatic heterocycles. The van der Waals surface area contributed by atoms with E-state index in [9.17, 15) is 9.59 Å². The Balaban J connectivity index is 1.61. The van der Waals surface area contributed by atoms with Crippen LogP contribution >= 0.6 is 34.2 Å². The van der Waals surface area contributed by atoms with Crippen molar-refractivity contribution in [1.82, 2.24) is 10.2 Å². The van der Waals surface area contributed by atoms with Gasteiger partial charge in [0.25, 0.3) is 5.91 Å². The van der Waals surface area contributed by atoms with Gasteiger partial charge in [0.15, 0.2) is 6.61 Å². The number of carbonyl (C=O) groups is 2. The van der Waals surface area contributed by atoms with Crippen LogP contribution in [0.1, 0.15) is 36.8 Å². The highest BCUT2D eigenvalue weighted by atomic mass is 127. The number of halogens is 2. The van der Waals surface area contributed by atoms with E-state index in [1.807, 2.05) is 72.8 Å². The van der Waals surface area contributed by atoms with Gasteiger partial charge in [-0.05, 0) is 76.9 Å². The zero-order valence-electron chi connectivity index (χ0n) is 20.0. The fourth-order valence-electron chi connectivity index (χ4n) is 4.49. The van der Waals surface area contributed by atoms with E-state index in [1.165, 1.54) is 0 Å². The Kier molecular flexibility index (Phi) is 9.64. The van der Waals surface area contributed by atoms with Crippen molar-refractivity contribution in [3.8, 4) is 5.75 Å². The summed E-state index contributed by atoms with van der Waals surface area (Å²) >= 11 is 8.70. The lowest BCUT2D eigenvalue weighted by atomic mass is 10.0. The fraction of sp³-hybridized carbons (Fsp3) is 0.310. The molecule has 1 saturated carbocycles. The van der Waals surface area contributed by atoms with E-state index in [2.05, 4.69) is 27.9 Å². The maximum atomic E-state index is 13.7. The van der Waals surface area contributed by atoms with E-state index in [0.717, 1.165) is 40.4 Å². The van der Waals surface area contributed by atoms with Gasteiger partial charge in [0.1, 0.15) is 11.8 Å². The Bertz CT molecular complexity index is 1150. The van der Waals surface area contributed by atoms with Crippen molar-refractivity contribution in [3.63, 3.8) is 0 Å². The standard InChI is InChI=1S/C29H30ClIN2O3/c30-26-13-7-4-10-22(26)19-33(28(34)20-36-25-16-14-23(31)15-17-25)27(18-21-8-2-1-3-9-21)29(35)32-24-11-5-6-12-24/h1-4,7-10,13-17,24,27H,5-6,11-12,18-20H2,(H,32,35)/t27-/m0/s1. The summed E-state index contributed by atoms with van der Waals surface area (Å²) in [6, 6.07) is 24.2. The van der Waals surface area contributed by atoms with Crippen LogP contribution in [0.2, 0.25) is 5.02 Å². The quantitative estimate of drug-likeness (QED) is 0.284. The summed E-state index contributed by atoms with van der Waals surface area (Å²) in [6.45, 7) is 0.0389. The minimum absolute atomic E-state index is 0.138. The largest absolute Gasteiger partial charge is 0.484 e. The van der Waals surface area contributed by atoms with Crippen molar-refractivity contribution in [1.29, 1.82) is 0 Å². The van der Waals surface area contributed by atoms with Gasteiger partial charge >= 0.3 is 0 Å². The highest BCUT2D eigenvalue weighted by molar-refractivity contribution is 14.1. The molecule has 0 saturated heterocycles. The predicted molar refractivity (Wildman–Crippen MR) is 151 cm³/mol. The third-order valence-corrected chi connectivity index (χ3v) is 7.54. The average Bonchev–Trinajstić information content (AvgIpc) is 3.40. The molecular weight excluding hydrogens is 587 g/mol. The first-order valence-corrected chi connectivity index (χ1v) is 13.7. The smallest absolute Gasteiger partial charge is 0.261 e. The van der Waals surface area contributed by atoms with E-state index in [1.54, 1.807) is 11.0 Å². The maximum absolute atomic E-state index is 13.7. The zero-order valence-corrected chi connectivity index (χ0v) is 23.0. The summed E-state index contributed by atoms with van der Waals surface area (Å²) in [4.78, 5) is 28.9. The number of carbonyl (C=O) groups excluding carboxylic acids is 2. The third kappa shape index (κ3) is 7.46. The van der Waals surface area contributed by atoms with Gasteiger partial charge in [-0.25, -0.2) is 0 Å². The molecule has 5 nitrogen and oxygen atoms in total. The second-order valence-corrected chi connectivity index (χ2v) is 10.7. The summed E-state index contributed by atoms with van der Waals surface area (Å²) in [7, 11) is 0. The lowest BCUT2D eigenvalue weighted by Gasteiger charge is -2.32. The molecule has 0 spiro atoms. The second kappa shape index (κ2) is 13.1. The summed E-state index contributed by atoms with van der Waals surface area (Å²) in [5.41, 5.74) is 1.77. The summed E-state index contributed by atoms with van der Waals surface area (Å²) in [5, 5.41) is 3.77. The van der Waals surface area contributed by atoms with Crippen LogP contribution in [0.25, 0.3) is 0 Å². The van der Waals surface area contributed by atoms with Crippen molar-refractivity contribution in [3.05, 3.63) is 98.6 Å². The van der Waals surface area contributed by atoms with Crippen LogP contribution in [-0.4, -0.2) is 35.4 Å². The van der Waals surface area contributed by atoms with Crippen LogP contribution in [0.5, 0.6) is 5.75 Å². The molecule has 3 aromatic rings. The molecule has 1 N–H and O–H groups in total. The number of amides is 2. The molecule has 1 atom stereocenters. The molecule has 4 rings (SSSR count). The van der Waals surface area contributed by atoms with E-state index < -0.39 is 6.04 Å². The number of nitrogens with one attached hydrogen (secondary N) is 1. The fourth-order valence-corrected chi connectivity index (χ4v) is 5.05. The number of ether oxygens (including phenoxy) is 1. The number of rotatable bonds is 10. The van der Waals surface area contributed by atoms with E-state index in [0.29, 0.717) is 17.2 Å². The molecular formula is C29H30ClIN2O3. The molecule has 0 bridgehead atoms. The predicted octanol–water partition coefficient (Wildman–Crippen LogP) is 6.02. The van der Waals surface area contributed by atoms with Gasteiger partial charge in [0, 0.05) is 27.6 Å². The first kappa shape index (κ1) is 26.5. The SMILES string of the molecule is O=C(NC1CCCC1)[C@H](Cc1ccccc1)N(Cc1ccccc1Cl)C(=O)COc1ccc(I)cc1. The second-order valence-electron chi connectivity index (χ2n) is 9.05. The van der Waals surface area contributed by atoms with Gasteiger partial charge in [-0.3, -0.25) is 9.59 Å². The van der Waals surface area contributed by atoms with E-state index in [-0.39, 0.29) is 31.0 Å². The number of benzene rings is 3. The molecule has 7 heteroatoms. The molecule has 1 aliphatic rings. The van der Waals surface area contributed by atoms with Gasteiger partial charge in [-0.15, -0.1) is 0 Å². The van der Waals surface area contributed by atoms with Gasteiger partial charge in [-0.1, -0.05) is 73.0 Å². The first-order chi connectivity index (χ1) is 17.5. The number of nitrogens with zero attached hydrogens (tertiary/aromatic N) is 1. The van der Waals surface area contributed by atoms with Crippen molar-refractivity contribution in [2.24, 2.45) is 0 Å². The molecule has 0 unspecified atom stereocenters. The molecule has 1 fully saturated rings. The Hall–Kier alpha value is -2.58.